The van der Waals surface area contributed by atoms with Crippen LogP contribution < -0.4 is 9.64 Å². The van der Waals surface area contributed by atoms with E-state index in [9.17, 15) is 14.7 Å². The molecule has 0 bridgehead atoms. The molecule has 252 valence electrons. The number of Topliss-reactive ketones (excluding diaryl/α,β-unsaturated/α-hetero) is 1. The Balaban J connectivity index is 1.16. The van der Waals surface area contributed by atoms with Crippen LogP contribution in [0.2, 0.25) is 0 Å². The molecule has 1 fully saturated rings. The molecule has 3 aromatic heterocycles. The number of aliphatic hydroxyl groups excluding tert-OH is 1. The number of benzene rings is 4. The molecule has 1 saturated heterocycles. The number of carbonyl (C=O) groups is 2. The number of hydrogen-bond donors (Lipinski definition) is 1. The summed E-state index contributed by atoms with van der Waals surface area (Å²) in [6.45, 7) is 4.13. The predicted octanol–water partition coefficient (Wildman–Crippen LogP) is 8.45. The van der Waals surface area contributed by atoms with E-state index in [0.717, 1.165) is 27.5 Å². The number of carbonyl (C=O) groups excluding carboxylic acids is 2. The van der Waals surface area contributed by atoms with Gasteiger partial charge >= 0.3 is 5.91 Å². The third-order valence-electron chi connectivity index (χ3n) is 9.03. The van der Waals surface area contributed by atoms with Gasteiger partial charge in [0.25, 0.3) is 5.78 Å². The second-order valence-corrected chi connectivity index (χ2v) is 14.4. The van der Waals surface area contributed by atoms with Crippen LogP contribution in [0.5, 0.6) is 5.75 Å². The van der Waals surface area contributed by atoms with Crippen molar-refractivity contribution >= 4 is 62.1 Å². The lowest BCUT2D eigenvalue weighted by atomic mass is 9.96. The molecular formula is C40H31N5O4S2. The minimum Gasteiger partial charge on any atom is -0.505 e. The average Bonchev–Trinajstić information content (AvgIpc) is 3.84. The molecule has 0 spiro atoms. The first-order valence-electron chi connectivity index (χ1n) is 16.3. The van der Waals surface area contributed by atoms with E-state index in [2.05, 4.69) is 34.5 Å². The van der Waals surface area contributed by atoms with Gasteiger partial charge in [0.2, 0.25) is 5.13 Å². The number of fused-ring (bicyclic) bond motifs is 2. The highest BCUT2D eigenvalue weighted by molar-refractivity contribution is 8.00. The van der Waals surface area contributed by atoms with Crippen LogP contribution in [-0.2, 0) is 21.9 Å². The van der Waals surface area contributed by atoms with Gasteiger partial charge in [0, 0.05) is 11.9 Å². The van der Waals surface area contributed by atoms with Crippen molar-refractivity contribution < 1.29 is 19.4 Å². The van der Waals surface area contributed by atoms with Crippen molar-refractivity contribution in [2.45, 2.75) is 36.6 Å². The number of nitrogens with zero attached hydrogens (tertiary/aromatic N) is 5. The lowest BCUT2D eigenvalue weighted by Gasteiger charge is -2.22. The van der Waals surface area contributed by atoms with Gasteiger partial charge in [-0.3, -0.25) is 14.5 Å². The van der Waals surface area contributed by atoms with Gasteiger partial charge in [-0.05, 0) is 65.1 Å². The van der Waals surface area contributed by atoms with E-state index in [1.807, 2.05) is 85.1 Å². The number of aromatic nitrogens is 4. The zero-order valence-corrected chi connectivity index (χ0v) is 29.3. The van der Waals surface area contributed by atoms with Crippen molar-refractivity contribution in [2.75, 3.05) is 4.90 Å². The Morgan fingerprint density at radius 2 is 1.65 bits per heavy atom. The molecule has 1 atom stereocenters. The molecule has 1 aliphatic heterocycles. The van der Waals surface area contributed by atoms with Gasteiger partial charge < -0.3 is 14.2 Å². The Morgan fingerprint density at radius 1 is 0.882 bits per heavy atom. The number of thioether (sulfide) groups is 1. The fourth-order valence-electron chi connectivity index (χ4n) is 6.42. The van der Waals surface area contributed by atoms with Gasteiger partial charge in [0.05, 0.1) is 17.3 Å². The van der Waals surface area contributed by atoms with E-state index in [4.69, 9.17) is 9.72 Å². The van der Waals surface area contributed by atoms with Gasteiger partial charge in [-0.25, -0.2) is 4.98 Å². The molecule has 1 N–H and O–H groups in total. The number of amides is 1. The van der Waals surface area contributed by atoms with Gasteiger partial charge in [0.1, 0.15) is 23.7 Å². The molecule has 4 heterocycles. The topological polar surface area (TPSA) is 110 Å². The number of hydrogen-bond acceptors (Lipinski definition) is 9. The van der Waals surface area contributed by atoms with Crippen molar-refractivity contribution in [2.24, 2.45) is 0 Å². The standard InChI is InChI=1S/C40H31N5O4S2/c1-24-10-9-21-44-25(2)33(41-37(24)44)35(46)32-34(28-17-19-30(20-18-28)49-22-26-11-4-3-5-12-26)45(38(48)36(32)47)39-42-43-40(51-39)50-23-29-15-8-14-27-13-6-7-16-31(27)29/h3-21,34,46H,22-23H2,1-2H3. The molecule has 9 nitrogen and oxygen atoms in total. The molecule has 8 rings (SSSR count). The van der Waals surface area contributed by atoms with Crippen LogP contribution in [0.15, 0.2) is 125 Å². The summed E-state index contributed by atoms with van der Waals surface area (Å²) in [6.07, 6.45) is 1.85. The van der Waals surface area contributed by atoms with Crippen molar-refractivity contribution in [1.82, 2.24) is 19.6 Å². The van der Waals surface area contributed by atoms with Crippen molar-refractivity contribution in [1.29, 1.82) is 0 Å². The summed E-state index contributed by atoms with van der Waals surface area (Å²) < 4.78 is 8.52. The number of ether oxygens (including phenoxy) is 1. The van der Waals surface area contributed by atoms with Gasteiger partial charge in [-0.1, -0.05) is 114 Å². The van der Waals surface area contributed by atoms with Crippen molar-refractivity contribution in [3.8, 4) is 5.75 Å². The van der Waals surface area contributed by atoms with Crippen molar-refractivity contribution in [3.05, 3.63) is 155 Å². The molecule has 0 radical (unpaired) electrons. The number of aliphatic hydroxyl groups is 1. The quantitative estimate of drug-likeness (QED) is 0.0523. The van der Waals surface area contributed by atoms with Crippen LogP contribution in [-0.4, -0.2) is 36.4 Å². The Bertz CT molecular complexity index is 2470. The maximum atomic E-state index is 13.9. The SMILES string of the molecule is Cc1cccn2c(C)c(C(O)=C3C(=O)C(=O)N(c4nnc(SCc5cccc6ccccc56)s4)C3c3ccc(OCc4ccccc4)cc3)nc12. The fraction of sp³-hybridized carbons (Fsp3) is 0.125. The first kappa shape index (κ1) is 32.4. The first-order chi connectivity index (χ1) is 24.9. The second-order valence-electron chi connectivity index (χ2n) is 12.2. The Hall–Kier alpha value is -5.78. The number of ketones is 1. The van der Waals surface area contributed by atoms with E-state index in [-0.39, 0.29) is 22.2 Å². The third-order valence-corrected chi connectivity index (χ3v) is 11.1. The molecule has 1 amide bonds. The number of anilines is 1. The average molecular weight is 710 g/mol. The van der Waals surface area contributed by atoms with Crippen LogP contribution in [0.25, 0.3) is 22.2 Å². The molecule has 51 heavy (non-hydrogen) atoms. The smallest absolute Gasteiger partial charge is 0.301 e. The monoisotopic (exact) mass is 709 g/mol. The van der Waals surface area contributed by atoms with E-state index < -0.39 is 17.7 Å². The maximum Gasteiger partial charge on any atom is 0.301 e. The number of rotatable bonds is 9. The summed E-state index contributed by atoms with van der Waals surface area (Å²) in [4.78, 5) is 33.9. The highest BCUT2D eigenvalue weighted by atomic mass is 32.2. The van der Waals surface area contributed by atoms with Crippen LogP contribution in [0.4, 0.5) is 5.13 Å². The zero-order chi connectivity index (χ0) is 35.1. The molecule has 0 aliphatic carbocycles. The summed E-state index contributed by atoms with van der Waals surface area (Å²) in [6, 6.07) is 34.3. The molecule has 4 aromatic carbocycles. The molecular weight excluding hydrogens is 679 g/mol. The summed E-state index contributed by atoms with van der Waals surface area (Å²) in [7, 11) is 0. The number of aryl methyl sites for hydroxylation is 2. The maximum absolute atomic E-state index is 13.9. The lowest BCUT2D eigenvalue weighted by molar-refractivity contribution is -0.132. The number of pyridine rings is 1. The van der Waals surface area contributed by atoms with E-state index in [0.29, 0.717) is 39.4 Å². The highest BCUT2D eigenvalue weighted by Gasteiger charge is 2.49. The summed E-state index contributed by atoms with van der Waals surface area (Å²) in [5, 5.41) is 23.3. The third kappa shape index (κ3) is 6.04. The zero-order valence-electron chi connectivity index (χ0n) is 27.7. The summed E-state index contributed by atoms with van der Waals surface area (Å²) >= 11 is 2.74. The normalized spacial score (nSPS) is 15.6. The first-order valence-corrected chi connectivity index (χ1v) is 18.1. The van der Waals surface area contributed by atoms with Crippen molar-refractivity contribution in [3.63, 3.8) is 0 Å². The molecule has 11 heteroatoms. The van der Waals surface area contributed by atoms with Gasteiger partial charge in [0.15, 0.2) is 10.1 Å². The summed E-state index contributed by atoms with van der Waals surface area (Å²) in [5.74, 6) is -0.703. The van der Waals surface area contributed by atoms with Crippen LogP contribution >= 0.6 is 23.1 Å². The molecule has 0 saturated carbocycles. The number of imidazole rings is 1. The second kappa shape index (κ2) is 13.5. The van der Waals surface area contributed by atoms with Crippen LogP contribution in [0, 0.1) is 13.8 Å². The van der Waals surface area contributed by atoms with Crippen LogP contribution in [0.3, 0.4) is 0 Å². The van der Waals surface area contributed by atoms with E-state index in [1.165, 1.54) is 28.0 Å². The van der Waals surface area contributed by atoms with Crippen LogP contribution in [0.1, 0.15) is 39.7 Å². The Morgan fingerprint density at radius 3 is 2.45 bits per heavy atom. The summed E-state index contributed by atoms with van der Waals surface area (Å²) in [5.41, 5.74) is 5.15. The fourth-order valence-corrected chi connectivity index (χ4v) is 8.29. The van der Waals surface area contributed by atoms with E-state index >= 15 is 0 Å². The Kier molecular flexibility index (Phi) is 8.58. The highest BCUT2D eigenvalue weighted by Crippen LogP contribution is 2.45. The lowest BCUT2D eigenvalue weighted by Crippen LogP contribution is -2.29. The molecule has 1 unspecified atom stereocenters. The molecule has 1 aliphatic rings. The van der Waals surface area contributed by atoms with Gasteiger partial charge in [-0.2, -0.15) is 0 Å². The van der Waals surface area contributed by atoms with E-state index in [1.54, 1.807) is 24.3 Å². The van der Waals surface area contributed by atoms with Gasteiger partial charge in [-0.15, -0.1) is 10.2 Å². The predicted molar refractivity (Wildman–Crippen MR) is 200 cm³/mol. The Labute approximate surface area is 301 Å². The minimum absolute atomic E-state index is 0.0673. The molecule has 7 aromatic rings. The minimum atomic E-state index is -0.984. The largest absolute Gasteiger partial charge is 0.505 e.